The molecule has 1 aliphatic heterocycles. The third-order valence-electron chi connectivity index (χ3n) is 6.53. The Morgan fingerprint density at radius 2 is 2.06 bits per heavy atom. The normalized spacial score (nSPS) is 25.9. The second-order valence-electron chi connectivity index (χ2n) is 9.52. The molecular weight excluding hydrogens is 462 g/mol. The maximum Gasteiger partial charge on any atom is 0.333 e. The van der Waals surface area contributed by atoms with E-state index in [9.17, 15) is 18.6 Å². The summed E-state index contributed by atoms with van der Waals surface area (Å²) < 4.78 is 34.2. The van der Waals surface area contributed by atoms with Crippen LogP contribution in [0.25, 0.3) is 16.9 Å². The number of nitrogens with zero attached hydrogens (tertiary/aromatic N) is 3. The predicted molar refractivity (Wildman–Crippen MR) is 124 cm³/mol. The molecule has 1 aliphatic carbocycles. The minimum atomic E-state index is -4.14. The Bertz CT molecular complexity index is 1340. The second-order valence-corrected chi connectivity index (χ2v) is 10.7. The first-order chi connectivity index (χ1) is 16.0. The molecule has 0 bridgehead atoms. The Hall–Kier alpha value is -2.77. The zero-order valence-corrected chi connectivity index (χ0v) is 19.6. The van der Waals surface area contributed by atoms with E-state index >= 15 is 0 Å². The summed E-state index contributed by atoms with van der Waals surface area (Å²) in [4.78, 5) is 4.39. The Morgan fingerprint density at radius 1 is 1.26 bits per heavy atom. The van der Waals surface area contributed by atoms with Crippen LogP contribution in [0.2, 0.25) is 0 Å². The Labute approximate surface area is 196 Å². The lowest BCUT2D eigenvalue weighted by Gasteiger charge is -2.19. The number of nitrogens with two attached hydrogens (primary N) is 1. The van der Waals surface area contributed by atoms with E-state index in [0.717, 1.165) is 22.6 Å². The van der Waals surface area contributed by atoms with Crippen LogP contribution in [0.5, 0.6) is 5.75 Å². The van der Waals surface area contributed by atoms with Gasteiger partial charge in [0.15, 0.2) is 5.65 Å². The Balaban J connectivity index is 1.40. The molecule has 3 heterocycles. The molecular formula is C22H27N5O6S. The van der Waals surface area contributed by atoms with Gasteiger partial charge in [-0.3, -0.25) is 4.18 Å². The van der Waals surface area contributed by atoms with Crippen molar-refractivity contribution in [2.45, 2.75) is 43.9 Å². The van der Waals surface area contributed by atoms with E-state index in [-0.39, 0.29) is 18.4 Å². The van der Waals surface area contributed by atoms with Gasteiger partial charge >= 0.3 is 10.3 Å². The summed E-state index contributed by atoms with van der Waals surface area (Å²) in [5.41, 5.74) is 3.32. The molecule has 1 fully saturated rings. The van der Waals surface area contributed by atoms with Crippen LogP contribution >= 0.6 is 0 Å². The molecule has 0 saturated heterocycles. The smallest absolute Gasteiger partial charge is 0.333 e. The van der Waals surface area contributed by atoms with Crippen LogP contribution in [-0.2, 0) is 19.9 Å². The summed E-state index contributed by atoms with van der Waals surface area (Å²) in [6.07, 6.45) is -0.398. The standard InChI is InChI=1S/C22H27N5O6S/c1-22(2)11-32-17-4-3-12(7-14(17)22)15-9-19-24-6-5-18(27(19)26-15)25-16-8-13(20(28)21(16)29)10-33-34(23,30)31/h3-7,9,13,16,20-21,25,28-29H,8,10-11H2,1-2H3,(H2,23,30,31)/t13-,16-,20-,21+/m1/s1. The van der Waals surface area contributed by atoms with Gasteiger partial charge < -0.3 is 20.3 Å². The molecule has 1 aromatic carbocycles. The SMILES string of the molecule is CC1(C)COc2ccc(-c3cc4nccc(N[C@@H]5C[C@H](COS(N)(=O)=O)[C@@H](O)[C@H]5O)n4n3)cc21. The van der Waals surface area contributed by atoms with Crippen LogP contribution in [0.3, 0.4) is 0 Å². The molecule has 12 heteroatoms. The van der Waals surface area contributed by atoms with Gasteiger partial charge in [0.2, 0.25) is 0 Å². The van der Waals surface area contributed by atoms with Gasteiger partial charge in [-0.2, -0.15) is 18.0 Å². The number of nitrogens with one attached hydrogen (secondary N) is 1. The van der Waals surface area contributed by atoms with Gasteiger partial charge in [0, 0.05) is 34.7 Å². The van der Waals surface area contributed by atoms with Crippen molar-refractivity contribution < 1.29 is 27.6 Å². The molecule has 0 spiro atoms. The molecule has 182 valence electrons. The predicted octanol–water partition coefficient (Wildman–Crippen LogP) is 0.809. The highest BCUT2D eigenvalue weighted by atomic mass is 32.2. The van der Waals surface area contributed by atoms with Crippen molar-refractivity contribution in [3.8, 4) is 17.0 Å². The zero-order valence-electron chi connectivity index (χ0n) is 18.7. The van der Waals surface area contributed by atoms with Crippen LogP contribution in [0.1, 0.15) is 25.8 Å². The number of aromatic nitrogens is 3. The summed E-state index contributed by atoms with van der Waals surface area (Å²) in [5.74, 6) is 0.853. The quantitative estimate of drug-likeness (QED) is 0.393. The summed E-state index contributed by atoms with van der Waals surface area (Å²) >= 11 is 0. The summed E-state index contributed by atoms with van der Waals surface area (Å²) in [7, 11) is -4.14. The van der Waals surface area contributed by atoms with E-state index in [1.54, 1.807) is 16.8 Å². The Kier molecular flexibility index (Phi) is 5.52. The average molecular weight is 490 g/mol. The first-order valence-electron chi connectivity index (χ1n) is 10.9. The molecule has 5 N–H and O–H groups in total. The number of hydrogen-bond donors (Lipinski definition) is 4. The van der Waals surface area contributed by atoms with E-state index in [2.05, 4.69) is 34.4 Å². The molecule has 0 radical (unpaired) electrons. The fourth-order valence-electron chi connectivity index (χ4n) is 4.63. The highest BCUT2D eigenvalue weighted by Crippen LogP contribution is 2.40. The van der Waals surface area contributed by atoms with Gasteiger partial charge in [-0.05, 0) is 30.7 Å². The lowest BCUT2D eigenvalue weighted by atomic mass is 9.86. The number of benzene rings is 1. The van der Waals surface area contributed by atoms with Gasteiger partial charge in [0.05, 0.1) is 31.1 Å². The highest BCUT2D eigenvalue weighted by molar-refractivity contribution is 7.84. The average Bonchev–Trinajstić information content (AvgIpc) is 3.42. The Morgan fingerprint density at radius 3 is 2.82 bits per heavy atom. The van der Waals surface area contributed by atoms with Crippen LogP contribution < -0.4 is 15.2 Å². The number of aliphatic hydroxyl groups excluding tert-OH is 2. The van der Waals surface area contributed by atoms with Crippen LogP contribution in [-0.4, -0.2) is 64.7 Å². The number of aliphatic hydroxyl groups is 2. The van der Waals surface area contributed by atoms with E-state index in [0.29, 0.717) is 18.1 Å². The number of hydrogen-bond acceptors (Lipinski definition) is 9. The topological polar surface area (TPSA) is 161 Å². The highest BCUT2D eigenvalue weighted by Gasteiger charge is 2.42. The van der Waals surface area contributed by atoms with Gasteiger partial charge in [0.25, 0.3) is 0 Å². The zero-order chi connectivity index (χ0) is 24.3. The number of fused-ring (bicyclic) bond motifs is 2. The van der Waals surface area contributed by atoms with Crippen molar-refractivity contribution in [2.75, 3.05) is 18.5 Å². The van der Waals surface area contributed by atoms with Crippen molar-refractivity contribution in [2.24, 2.45) is 11.1 Å². The monoisotopic (exact) mass is 489 g/mol. The van der Waals surface area contributed by atoms with Gasteiger partial charge in [-0.1, -0.05) is 13.8 Å². The lowest BCUT2D eigenvalue weighted by Crippen LogP contribution is -2.36. The maximum absolute atomic E-state index is 11.1. The molecule has 4 atom stereocenters. The summed E-state index contributed by atoms with van der Waals surface area (Å²) in [6.45, 7) is 4.59. The fraction of sp³-hybridized carbons (Fsp3) is 0.455. The maximum atomic E-state index is 11.1. The number of ether oxygens (including phenoxy) is 1. The van der Waals surface area contributed by atoms with E-state index < -0.39 is 34.5 Å². The largest absolute Gasteiger partial charge is 0.492 e. The molecule has 5 rings (SSSR count). The van der Waals surface area contributed by atoms with Gasteiger partial charge in [-0.25, -0.2) is 10.1 Å². The van der Waals surface area contributed by atoms with E-state index in [1.807, 2.05) is 18.2 Å². The van der Waals surface area contributed by atoms with Crippen molar-refractivity contribution >= 4 is 21.8 Å². The molecule has 0 amide bonds. The number of rotatable bonds is 6. The summed E-state index contributed by atoms with van der Waals surface area (Å²) in [6, 6.07) is 9.04. The van der Waals surface area contributed by atoms with Crippen LogP contribution in [0.4, 0.5) is 5.82 Å². The first-order valence-corrected chi connectivity index (χ1v) is 12.4. The van der Waals surface area contributed by atoms with Crippen molar-refractivity contribution in [1.29, 1.82) is 0 Å². The molecule has 3 aromatic rings. The van der Waals surface area contributed by atoms with Gasteiger partial charge in [0.1, 0.15) is 17.7 Å². The molecule has 0 unspecified atom stereocenters. The van der Waals surface area contributed by atoms with E-state index in [4.69, 9.17) is 15.0 Å². The number of anilines is 1. The first kappa shape index (κ1) is 23.0. The molecule has 2 aliphatic rings. The lowest BCUT2D eigenvalue weighted by molar-refractivity contribution is 0.00777. The minimum Gasteiger partial charge on any atom is -0.492 e. The third-order valence-corrected chi connectivity index (χ3v) is 7.00. The van der Waals surface area contributed by atoms with Crippen molar-refractivity contribution in [1.82, 2.24) is 14.6 Å². The molecule has 11 nitrogen and oxygen atoms in total. The van der Waals surface area contributed by atoms with Gasteiger partial charge in [-0.15, -0.1) is 0 Å². The van der Waals surface area contributed by atoms with Crippen LogP contribution in [0.15, 0.2) is 36.5 Å². The molecule has 2 aromatic heterocycles. The van der Waals surface area contributed by atoms with Crippen molar-refractivity contribution in [3.05, 3.63) is 42.1 Å². The third kappa shape index (κ3) is 4.23. The van der Waals surface area contributed by atoms with Crippen LogP contribution in [0, 0.1) is 5.92 Å². The fourth-order valence-corrected chi connectivity index (χ4v) is 5.00. The molecule has 1 saturated carbocycles. The second kappa shape index (κ2) is 8.17. The summed E-state index contributed by atoms with van der Waals surface area (Å²) in [5, 5.41) is 33.6. The van der Waals surface area contributed by atoms with E-state index in [1.165, 1.54) is 0 Å². The molecule has 34 heavy (non-hydrogen) atoms. The minimum absolute atomic E-state index is 0.0849. The van der Waals surface area contributed by atoms with Crippen molar-refractivity contribution in [3.63, 3.8) is 0 Å².